The average Bonchev–Trinajstić information content (AvgIpc) is 2.91. The minimum atomic E-state index is -0.475. The summed E-state index contributed by atoms with van der Waals surface area (Å²) in [5.74, 6) is -0.361. The first kappa shape index (κ1) is 15.7. The van der Waals surface area contributed by atoms with Crippen molar-refractivity contribution in [3.8, 4) is 0 Å². The highest BCUT2D eigenvalue weighted by atomic mass is 16.6. The van der Waals surface area contributed by atoms with Crippen LogP contribution in [0.4, 0.5) is 5.69 Å². The molecular weight excluding hydrogens is 304 g/mol. The van der Waals surface area contributed by atoms with Crippen molar-refractivity contribution in [2.75, 3.05) is 5.32 Å². The molecule has 0 saturated carbocycles. The maximum Gasteiger partial charge on any atom is 0.363 e. The fourth-order valence-electron chi connectivity index (χ4n) is 2.25. The number of amides is 1. The van der Waals surface area contributed by atoms with Crippen LogP contribution < -0.4 is 5.32 Å². The van der Waals surface area contributed by atoms with E-state index in [2.05, 4.69) is 10.3 Å². The van der Waals surface area contributed by atoms with Gasteiger partial charge in [0.15, 0.2) is 5.70 Å². The Labute approximate surface area is 139 Å². The normalized spacial score (nSPS) is 15.2. The second-order valence-electron chi connectivity index (χ2n) is 5.51. The van der Waals surface area contributed by atoms with Gasteiger partial charge in [0.2, 0.25) is 11.8 Å². The second-order valence-corrected chi connectivity index (χ2v) is 5.51. The number of anilines is 1. The summed E-state index contributed by atoms with van der Waals surface area (Å²) in [6.07, 6.45) is 1.69. The fraction of sp³-hybridized carbons (Fsp3) is 0.105. The van der Waals surface area contributed by atoms with E-state index in [1.165, 1.54) is 6.92 Å². The molecule has 120 valence electrons. The molecule has 1 aliphatic rings. The van der Waals surface area contributed by atoms with Crippen molar-refractivity contribution < 1.29 is 14.3 Å². The number of cyclic esters (lactones) is 1. The van der Waals surface area contributed by atoms with Crippen LogP contribution in [0, 0.1) is 6.92 Å². The van der Waals surface area contributed by atoms with Gasteiger partial charge in [-0.05, 0) is 42.8 Å². The summed E-state index contributed by atoms with van der Waals surface area (Å²) in [5, 5.41) is 2.68. The maximum absolute atomic E-state index is 12.0. The average molecular weight is 320 g/mol. The molecule has 0 aliphatic carbocycles. The van der Waals surface area contributed by atoms with Crippen molar-refractivity contribution in [3.05, 3.63) is 70.9 Å². The predicted octanol–water partition coefficient (Wildman–Crippen LogP) is 3.30. The second kappa shape index (κ2) is 6.50. The summed E-state index contributed by atoms with van der Waals surface area (Å²) in [5.41, 5.74) is 3.64. The molecule has 1 N–H and O–H groups in total. The van der Waals surface area contributed by atoms with Crippen molar-refractivity contribution in [1.82, 2.24) is 0 Å². The Morgan fingerprint density at radius 3 is 2.38 bits per heavy atom. The quantitative estimate of drug-likeness (QED) is 0.697. The number of nitrogens with one attached hydrogen (secondary N) is 1. The number of nitrogens with zero attached hydrogens (tertiary/aromatic N) is 1. The number of esters is 1. The Kier molecular flexibility index (Phi) is 4.24. The number of aryl methyl sites for hydroxylation is 1. The van der Waals surface area contributed by atoms with E-state index < -0.39 is 5.97 Å². The van der Waals surface area contributed by atoms with E-state index in [0.29, 0.717) is 11.3 Å². The molecule has 0 spiro atoms. The third-order valence-electron chi connectivity index (χ3n) is 3.45. The van der Waals surface area contributed by atoms with Crippen molar-refractivity contribution >= 4 is 29.5 Å². The molecule has 1 aliphatic heterocycles. The fourth-order valence-corrected chi connectivity index (χ4v) is 2.25. The molecule has 3 rings (SSSR count). The number of benzene rings is 2. The number of carbonyl (C=O) groups is 2. The summed E-state index contributed by atoms with van der Waals surface area (Å²) in [6.45, 7) is 3.44. The summed E-state index contributed by atoms with van der Waals surface area (Å²) >= 11 is 0. The standard InChI is InChI=1S/C19H16N2O3/c1-12-3-5-14(6-4-12)11-17-19(23)24-18(21-17)15-7-9-16(10-8-15)20-13(2)22/h3-11H,1-2H3,(H,20,22). The number of hydrogen-bond acceptors (Lipinski definition) is 4. The highest BCUT2D eigenvalue weighted by molar-refractivity contribution is 6.13. The van der Waals surface area contributed by atoms with E-state index in [1.54, 1.807) is 30.3 Å². The molecule has 2 aromatic rings. The SMILES string of the molecule is CC(=O)Nc1ccc(C2=NC(=Cc3ccc(C)cc3)C(=O)O2)cc1. The molecule has 0 saturated heterocycles. The highest BCUT2D eigenvalue weighted by Crippen LogP contribution is 2.20. The van der Waals surface area contributed by atoms with Gasteiger partial charge < -0.3 is 10.1 Å². The lowest BCUT2D eigenvalue weighted by Crippen LogP contribution is -2.07. The molecule has 5 nitrogen and oxygen atoms in total. The minimum Gasteiger partial charge on any atom is -0.402 e. The van der Waals surface area contributed by atoms with Gasteiger partial charge in [-0.1, -0.05) is 29.8 Å². The van der Waals surface area contributed by atoms with Crippen LogP contribution in [0.15, 0.2) is 59.2 Å². The molecule has 0 bridgehead atoms. The Balaban J connectivity index is 1.83. The smallest absolute Gasteiger partial charge is 0.363 e. The molecule has 0 fully saturated rings. The summed E-state index contributed by atoms with van der Waals surface area (Å²) in [7, 11) is 0. The Morgan fingerprint density at radius 1 is 1.08 bits per heavy atom. The molecule has 0 radical (unpaired) electrons. The van der Waals surface area contributed by atoms with E-state index in [4.69, 9.17) is 4.74 Å². The molecule has 2 aromatic carbocycles. The molecule has 1 heterocycles. The summed E-state index contributed by atoms with van der Waals surface area (Å²) in [6, 6.07) is 14.7. The van der Waals surface area contributed by atoms with Gasteiger partial charge in [-0.3, -0.25) is 4.79 Å². The third-order valence-corrected chi connectivity index (χ3v) is 3.45. The van der Waals surface area contributed by atoms with Crippen LogP contribution >= 0.6 is 0 Å². The molecule has 0 aromatic heterocycles. The van der Waals surface area contributed by atoms with Crippen LogP contribution in [0.1, 0.15) is 23.6 Å². The number of rotatable bonds is 3. The van der Waals surface area contributed by atoms with Crippen LogP contribution in [-0.2, 0) is 14.3 Å². The first-order valence-corrected chi connectivity index (χ1v) is 7.48. The van der Waals surface area contributed by atoms with Gasteiger partial charge in [0.05, 0.1) is 0 Å². The van der Waals surface area contributed by atoms with E-state index >= 15 is 0 Å². The Hall–Kier alpha value is -3.21. The Morgan fingerprint density at radius 2 is 1.75 bits per heavy atom. The van der Waals surface area contributed by atoms with Crippen molar-refractivity contribution in [2.45, 2.75) is 13.8 Å². The van der Waals surface area contributed by atoms with Crippen molar-refractivity contribution in [2.24, 2.45) is 4.99 Å². The van der Waals surface area contributed by atoms with E-state index in [9.17, 15) is 9.59 Å². The van der Waals surface area contributed by atoms with Crippen molar-refractivity contribution in [3.63, 3.8) is 0 Å². The number of ether oxygens (including phenoxy) is 1. The van der Waals surface area contributed by atoms with Gasteiger partial charge in [-0.25, -0.2) is 9.79 Å². The molecule has 0 unspecified atom stereocenters. The maximum atomic E-state index is 12.0. The summed E-state index contributed by atoms with van der Waals surface area (Å²) < 4.78 is 5.23. The lowest BCUT2D eigenvalue weighted by molar-refractivity contribution is -0.129. The van der Waals surface area contributed by atoms with Gasteiger partial charge >= 0.3 is 5.97 Å². The van der Waals surface area contributed by atoms with Crippen LogP contribution in [0.2, 0.25) is 0 Å². The zero-order chi connectivity index (χ0) is 17.1. The van der Waals surface area contributed by atoms with Crippen molar-refractivity contribution in [1.29, 1.82) is 0 Å². The largest absolute Gasteiger partial charge is 0.402 e. The van der Waals surface area contributed by atoms with Gasteiger partial charge in [0.25, 0.3) is 0 Å². The highest BCUT2D eigenvalue weighted by Gasteiger charge is 2.24. The zero-order valence-electron chi connectivity index (χ0n) is 13.4. The number of carbonyl (C=O) groups excluding carboxylic acids is 2. The minimum absolute atomic E-state index is 0.143. The van der Waals surface area contributed by atoms with Crippen LogP contribution in [-0.4, -0.2) is 17.8 Å². The Bertz CT molecular complexity index is 847. The first-order chi connectivity index (χ1) is 11.5. The van der Waals surface area contributed by atoms with E-state index in [-0.39, 0.29) is 17.5 Å². The molecule has 24 heavy (non-hydrogen) atoms. The zero-order valence-corrected chi connectivity index (χ0v) is 13.4. The number of hydrogen-bond donors (Lipinski definition) is 1. The van der Waals surface area contributed by atoms with E-state index in [0.717, 1.165) is 11.1 Å². The van der Waals surface area contributed by atoms with Gasteiger partial charge in [-0.15, -0.1) is 0 Å². The topological polar surface area (TPSA) is 67.8 Å². The monoisotopic (exact) mass is 320 g/mol. The van der Waals surface area contributed by atoms with E-state index in [1.807, 2.05) is 31.2 Å². The molecular formula is C19H16N2O3. The van der Waals surface area contributed by atoms with Crippen LogP contribution in [0.5, 0.6) is 0 Å². The van der Waals surface area contributed by atoms with Gasteiger partial charge in [0, 0.05) is 18.2 Å². The molecule has 0 atom stereocenters. The summed E-state index contributed by atoms with van der Waals surface area (Å²) in [4.78, 5) is 27.3. The van der Waals surface area contributed by atoms with Gasteiger partial charge in [-0.2, -0.15) is 0 Å². The predicted molar refractivity (Wildman–Crippen MR) is 92.5 cm³/mol. The number of aliphatic imine (C=N–C) groups is 1. The van der Waals surface area contributed by atoms with Crippen LogP contribution in [0.25, 0.3) is 6.08 Å². The first-order valence-electron chi connectivity index (χ1n) is 7.48. The van der Waals surface area contributed by atoms with Crippen LogP contribution in [0.3, 0.4) is 0 Å². The third kappa shape index (κ3) is 3.57. The molecule has 1 amide bonds. The molecule has 5 heteroatoms. The van der Waals surface area contributed by atoms with Gasteiger partial charge in [0.1, 0.15) is 0 Å². The lowest BCUT2D eigenvalue weighted by Gasteiger charge is -2.03. The lowest BCUT2D eigenvalue weighted by atomic mass is 10.1.